The van der Waals surface area contributed by atoms with Crippen LogP contribution in [0.5, 0.6) is 0 Å². The molecule has 3 aromatic carbocycles. The Morgan fingerprint density at radius 1 is 1.03 bits per heavy atom. The molecule has 1 N–H and O–H groups in total. The van der Waals surface area contributed by atoms with E-state index >= 15 is 0 Å². The van der Waals surface area contributed by atoms with Gasteiger partial charge in [0, 0.05) is 22.6 Å². The fourth-order valence-electron chi connectivity index (χ4n) is 3.72. The standard InChI is InChI=1S/C27H29BrClN3O4S/c1-4-30-27(34)20(3)31(17-21-9-8-10-22(28)15-21)26(33)18-32(23-14-13-19(2)25(29)16-23)37(35,36)24-11-6-5-7-12-24/h5-16,20H,4,17-18H2,1-3H3,(H,30,34)/t20-/m0/s1. The van der Waals surface area contributed by atoms with Crippen LogP contribution in [0.15, 0.2) is 82.2 Å². The summed E-state index contributed by atoms with van der Waals surface area (Å²) in [7, 11) is -4.13. The van der Waals surface area contributed by atoms with E-state index in [1.165, 1.54) is 23.1 Å². The van der Waals surface area contributed by atoms with Crippen molar-refractivity contribution < 1.29 is 18.0 Å². The molecule has 0 unspecified atom stereocenters. The number of nitrogens with one attached hydrogen (secondary N) is 1. The Morgan fingerprint density at radius 3 is 2.35 bits per heavy atom. The Labute approximate surface area is 231 Å². The van der Waals surface area contributed by atoms with E-state index in [0.29, 0.717) is 11.6 Å². The lowest BCUT2D eigenvalue weighted by atomic mass is 10.1. The lowest BCUT2D eigenvalue weighted by Gasteiger charge is -2.32. The predicted octanol–water partition coefficient (Wildman–Crippen LogP) is 5.16. The first-order valence-electron chi connectivity index (χ1n) is 11.7. The van der Waals surface area contributed by atoms with Gasteiger partial charge in [0.25, 0.3) is 10.0 Å². The van der Waals surface area contributed by atoms with E-state index < -0.39 is 28.5 Å². The molecule has 196 valence electrons. The maximum Gasteiger partial charge on any atom is 0.264 e. The van der Waals surface area contributed by atoms with Crippen LogP contribution in [0.1, 0.15) is 25.0 Å². The highest BCUT2D eigenvalue weighted by molar-refractivity contribution is 9.10. The zero-order chi connectivity index (χ0) is 27.2. The fourth-order valence-corrected chi connectivity index (χ4v) is 5.77. The molecule has 0 aliphatic heterocycles. The van der Waals surface area contributed by atoms with Gasteiger partial charge in [-0.3, -0.25) is 13.9 Å². The molecular formula is C27H29BrClN3O4S. The predicted molar refractivity (Wildman–Crippen MR) is 150 cm³/mol. The van der Waals surface area contributed by atoms with Gasteiger partial charge < -0.3 is 10.2 Å². The lowest BCUT2D eigenvalue weighted by molar-refractivity contribution is -0.139. The van der Waals surface area contributed by atoms with Crippen molar-refractivity contribution in [2.24, 2.45) is 0 Å². The molecule has 1 atom stereocenters. The van der Waals surface area contributed by atoms with Crippen molar-refractivity contribution in [2.75, 3.05) is 17.4 Å². The minimum absolute atomic E-state index is 0.0369. The Bertz CT molecular complexity index is 1370. The van der Waals surface area contributed by atoms with Crippen molar-refractivity contribution in [2.45, 2.75) is 38.3 Å². The fraction of sp³-hybridized carbons (Fsp3) is 0.259. The first-order valence-corrected chi connectivity index (χ1v) is 14.3. The van der Waals surface area contributed by atoms with E-state index in [1.807, 2.05) is 24.3 Å². The SMILES string of the molecule is CCNC(=O)[C@H](C)N(Cc1cccc(Br)c1)C(=O)CN(c1ccc(C)c(Cl)c1)S(=O)(=O)c1ccccc1. The van der Waals surface area contributed by atoms with Gasteiger partial charge in [-0.25, -0.2) is 8.42 Å². The number of hydrogen-bond acceptors (Lipinski definition) is 4. The summed E-state index contributed by atoms with van der Waals surface area (Å²) in [6.45, 7) is 5.22. The Kier molecular flexibility index (Phi) is 9.75. The maximum atomic E-state index is 13.8. The number of benzene rings is 3. The topological polar surface area (TPSA) is 86.8 Å². The Morgan fingerprint density at radius 2 is 1.73 bits per heavy atom. The van der Waals surface area contributed by atoms with Gasteiger partial charge in [0.1, 0.15) is 12.6 Å². The van der Waals surface area contributed by atoms with Crippen LogP contribution in [0.4, 0.5) is 5.69 Å². The average Bonchev–Trinajstić information content (AvgIpc) is 2.87. The van der Waals surface area contributed by atoms with E-state index in [-0.39, 0.29) is 23.0 Å². The van der Waals surface area contributed by atoms with Crippen LogP contribution in [-0.4, -0.2) is 44.3 Å². The van der Waals surface area contributed by atoms with E-state index in [4.69, 9.17) is 11.6 Å². The van der Waals surface area contributed by atoms with Crippen molar-refractivity contribution in [3.8, 4) is 0 Å². The molecule has 10 heteroatoms. The maximum absolute atomic E-state index is 13.8. The molecule has 0 aliphatic rings. The van der Waals surface area contributed by atoms with E-state index in [0.717, 1.165) is 19.9 Å². The summed E-state index contributed by atoms with van der Waals surface area (Å²) in [6, 6.07) is 19.3. The first-order chi connectivity index (χ1) is 17.5. The molecule has 0 fully saturated rings. The summed E-state index contributed by atoms with van der Waals surface area (Å²) in [6.07, 6.45) is 0. The number of rotatable bonds is 10. The summed E-state index contributed by atoms with van der Waals surface area (Å²) < 4.78 is 29.3. The number of likely N-dealkylation sites (N-methyl/N-ethyl adjacent to an activating group) is 1. The molecule has 0 aliphatic carbocycles. The average molecular weight is 607 g/mol. The molecule has 0 radical (unpaired) electrons. The second-order valence-electron chi connectivity index (χ2n) is 8.48. The molecular weight excluding hydrogens is 578 g/mol. The molecule has 0 saturated heterocycles. The van der Waals surface area contributed by atoms with E-state index in [2.05, 4.69) is 21.2 Å². The number of aryl methyl sites for hydroxylation is 1. The van der Waals surface area contributed by atoms with Crippen molar-refractivity contribution in [1.29, 1.82) is 0 Å². The van der Waals surface area contributed by atoms with Gasteiger partial charge in [-0.15, -0.1) is 0 Å². The Hall–Kier alpha value is -2.88. The van der Waals surface area contributed by atoms with Crippen molar-refractivity contribution >= 4 is 55.1 Å². The first kappa shape index (κ1) is 28.7. The molecule has 37 heavy (non-hydrogen) atoms. The minimum Gasteiger partial charge on any atom is -0.355 e. The van der Waals surface area contributed by atoms with Crippen molar-refractivity contribution in [1.82, 2.24) is 10.2 Å². The van der Waals surface area contributed by atoms with Gasteiger partial charge in [-0.2, -0.15) is 0 Å². The number of sulfonamides is 1. The van der Waals surface area contributed by atoms with Gasteiger partial charge in [-0.1, -0.05) is 63.9 Å². The van der Waals surface area contributed by atoms with Crippen LogP contribution in [0.3, 0.4) is 0 Å². The Balaban J connectivity index is 2.04. The third-order valence-corrected chi connectivity index (χ3v) is 8.50. The quantitative estimate of drug-likeness (QED) is 0.346. The largest absolute Gasteiger partial charge is 0.355 e. The van der Waals surface area contributed by atoms with Gasteiger partial charge in [0.2, 0.25) is 11.8 Å². The highest BCUT2D eigenvalue weighted by Crippen LogP contribution is 2.28. The summed E-state index contributed by atoms with van der Waals surface area (Å²) >= 11 is 9.76. The van der Waals surface area contributed by atoms with Crippen molar-refractivity contribution in [3.05, 3.63) is 93.4 Å². The van der Waals surface area contributed by atoms with Gasteiger partial charge in [0.05, 0.1) is 10.6 Å². The molecule has 3 aromatic rings. The summed E-state index contributed by atoms with van der Waals surface area (Å²) in [4.78, 5) is 28.0. The zero-order valence-electron chi connectivity index (χ0n) is 20.8. The zero-order valence-corrected chi connectivity index (χ0v) is 24.0. The second kappa shape index (κ2) is 12.6. The number of hydrogen-bond donors (Lipinski definition) is 1. The molecule has 0 spiro atoms. The lowest BCUT2D eigenvalue weighted by Crippen LogP contribution is -2.51. The summed E-state index contributed by atoms with van der Waals surface area (Å²) in [5, 5.41) is 3.12. The van der Waals surface area contributed by atoms with Crippen LogP contribution in [-0.2, 0) is 26.2 Å². The number of nitrogens with zero attached hydrogens (tertiary/aromatic N) is 2. The molecule has 3 rings (SSSR count). The molecule has 2 amide bonds. The molecule has 7 nitrogen and oxygen atoms in total. The molecule has 0 heterocycles. The smallest absolute Gasteiger partial charge is 0.264 e. The molecule has 0 bridgehead atoms. The third kappa shape index (κ3) is 7.12. The molecule has 0 aromatic heterocycles. The normalized spacial score (nSPS) is 12.0. The van der Waals surface area contributed by atoms with Crippen LogP contribution >= 0.6 is 27.5 Å². The number of halogens is 2. The van der Waals surface area contributed by atoms with Crippen LogP contribution in [0.2, 0.25) is 5.02 Å². The number of carbonyl (C=O) groups is 2. The molecule has 0 saturated carbocycles. The minimum atomic E-state index is -4.13. The number of amides is 2. The highest BCUT2D eigenvalue weighted by atomic mass is 79.9. The van der Waals surface area contributed by atoms with Gasteiger partial charge in [0.15, 0.2) is 0 Å². The van der Waals surface area contributed by atoms with E-state index in [9.17, 15) is 18.0 Å². The third-order valence-electron chi connectivity index (χ3n) is 5.81. The summed E-state index contributed by atoms with van der Waals surface area (Å²) in [5.74, 6) is -0.864. The highest BCUT2D eigenvalue weighted by Gasteiger charge is 2.32. The number of anilines is 1. The second-order valence-corrected chi connectivity index (χ2v) is 11.7. The van der Waals surface area contributed by atoms with Crippen LogP contribution in [0.25, 0.3) is 0 Å². The van der Waals surface area contributed by atoms with Gasteiger partial charge >= 0.3 is 0 Å². The van der Waals surface area contributed by atoms with Crippen LogP contribution in [0, 0.1) is 6.92 Å². The number of carbonyl (C=O) groups excluding carboxylic acids is 2. The summed E-state index contributed by atoms with van der Waals surface area (Å²) in [5.41, 5.74) is 1.81. The van der Waals surface area contributed by atoms with E-state index in [1.54, 1.807) is 51.1 Å². The van der Waals surface area contributed by atoms with Gasteiger partial charge in [-0.05, 0) is 68.3 Å². The monoisotopic (exact) mass is 605 g/mol. The van der Waals surface area contributed by atoms with Crippen LogP contribution < -0.4 is 9.62 Å². The van der Waals surface area contributed by atoms with Crippen molar-refractivity contribution in [3.63, 3.8) is 0 Å².